The van der Waals surface area contributed by atoms with Gasteiger partial charge in [0.25, 0.3) is 5.91 Å². The standard InChI is InChI=1S/C27H20F2N2O3S/c28-17-10-11-23(21(29)14-17)30-24(32)15-34-27(33)25-19-7-1-2-9-22(19)31-26-16(5-3-8-20(25)26)13-18-6-4-12-35-18/h1-2,4,6-7,9-14H,3,5,8,15H2,(H,30,32). The fourth-order valence-corrected chi connectivity index (χ4v) is 4.92. The lowest BCUT2D eigenvalue weighted by Crippen LogP contribution is -2.23. The van der Waals surface area contributed by atoms with E-state index in [0.29, 0.717) is 29.0 Å². The lowest BCUT2D eigenvalue weighted by Gasteiger charge is -2.22. The first-order valence-corrected chi connectivity index (χ1v) is 12.0. The zero-order valence-corrected chi connectivity index (χ0v) is 19.3. The van der Waals surface area contributed by atoms with Crippen molar-refractivity contribution in [2.75, 3.05) is 11.9 Å². The zero-order valence-electron chi connectivity index (χ0n) is 18.5. The fourth-order valence-electron chi connectivity index (χ4n) is 4.23. The van der Waals surface area contributed by atoms with Gasteiger partial charge in [-0.2, -0.15) is 0 Å². The van der Waals surface area contributed by atoms with E-state index in [9.17, 15) is 18.4 Å². The fraction of sp³-hybridized carbons (Fsp3) is 0.148. The summed E-state index contributed by atoms with van der Waals surface area (Å²) in [5, 5.41) is 4.96. The molecule has 5 nitrogen and oxygen atoms in total. The second-order valence-corrected chi connectivity index (χ2v) is 9.10. The number of allylic oxidation sites excluding steroid dienone is 1. The lowest BCUT2D eigenvalue weighted by atomic mass is 9.86. The van der Waals surface area contributed by atoms with Crippen LogP contribution in [0.3, 0.4) is 0 Å². The molecule has 0 bridgehead atoms. The number of nitrogens with zero attached hydrogens (tertiary/aromatic N) is 1. The summed E-state index contributed by atoms with van der Waals surface area (Å²) in [6.07, 6.45) is 4.46. The van der Waals surface area contributed by atoms with E-state index in [1.807, 2.05) is 41.8 Å². The first kappa shape index (κ1) is 22.9. The average Bonchev–Trinajstić information content (AvgIpc) is 3.36. The van der Waals surface area contributed by atoms with Gasteiger partial charge in [-0.15, -0.1) is 11.3 Å². The van der Waals surface area contributed by atoms with Crippen LogP contribution in [0.4, 0.5) is 14.5 Å². The second kappa shape index (κ2) is 9.76. The Balaban J connectivity index is 1.44. The number of rotatable bonds is 5. The monoisotopic (exact) mass is 490 g/mol. The van der Waals surface area contributed by atoms with Gasteiger partial charge in [-0.3, -0.25) is 4.79 Å². The van der Waals surface area contributed by atoms with Crippen molar-refractivity contribution in [3.8, 4) is 0 Å². The molecule has 5 rings (SSSR count). The number of carbonyl (C=O) groups excluding carboxylic acids is 2. The summed E-state index contributed by atoms with van der Waals surface area (Å²) in [5.74, 6) is -3.04. The maximum atomic E-state index is 13.8. The number of anilines is 1. The molecule has 4 aromatic rings. The lowest BCUT2D eigenvalue weighted by molar-refractivity contribution is -0.119. The van der Waals surface area contributed by atoms with Crippen molar-refractivity contribution < 1.29 is 23.1 Å². The maximum absolute atomic E-state index is 13.8. The molecule has 0 aliphatic heterocycles. The van der Waals surface area contributed by atoms with Gasteiger partial charge in [0.1, 0.15) is 11.6 Å². The Hall–Kier alpha value is -3.91. The van der Waals surface area contributed by atoms with Crippen molar-refractivity contribution >= 4 is 51.5 Å². The van der Waals surface area contributed by atoms with Gasteiger partial charge in [-0.1, -0.05) is 24.3 Å². The van der Waals surface area contributed by atoms with Crippen molar-refractivity contribution in [2.45, 2.75) is 19.3 Å². The van der Waals surface area contributed by atoms with Gasteiger partial charge in [-0.05, 0) is 66.1 Å². The molecule has 2 aromatic carbocycles. The number of hydrogen-bond acceptors (Lipinski definition) is 5. The topological polar surface area (TPSA) is 68.3 Å². The van der Waals surface area contributed by atoms with Crippen LogP contribution in [-0.4, -0.2) is 23.5 Å². The van der Waals surface area contributed by atoms with Gasteiger partial charge < -0.3 is 10.1 Å². The minimum atomic E-state index is -0.913. The number of aromatic nitrogens is 1. The van der Waals surface area contributed by atoms with E-state index in [1.165, 1.54) is 0 Å². The van der Waals surface area contributed by atoms with Crippen molar-refractivity contribution in [2.24, 2.45) is 0 Å². The molecule has 176 valence electrons. The molecule has 2 heterocycles. The summed E-state index contributed by atoms with van der Waals surface area (Å²) in [4.78, 5) is 31.5. The van der Waals surface area contributed by atoms with Crippen LogP contribution in [0.25, 0.3) is 22.6 Å². The number of hydrogen-bond donors (Lipinski definition) is 1. The number of nitrogens with one attached hydrogen (secondary N) is 1. The van der Waals surface area contributed by atoms with Gasteiger partial charge in [-0.25, -0.2) is 18.6 Å². The molecule has 1 aliphatic carbocycles. The number of pyridine rings is 1. The molecule has 0 spiro atoms. The summed E-state index contributed by atoms with van der Waals surface area (Å²) in [6, 6.07) is 14.1. The van der Waals surface area contributed by atoms with E-state index < -0.39 is 30.1 Å². The Morgan fingerprint density at radius 3 is 2.74 bits per heavy atom. The molecular formula is C27H20F2N2O3S. The molecule has 1 amide bonds. The van der Waals surface area contributed by atoms with E-state index in [1.54, 1.807) is 11.3 Å². The van der Waals surface area contributed by atoms with Crippen LogP contribution >= 0.6 is 11.3 Å². The SMILES string of the molecule is O=C(COC(=O)c1c2c(nc3ccccc13)C(=Cc1cccs1)CCC2)Nc1ccc(F)cc1F. The molecule has 0 atom stereocenters. The van der Waals surface area contributed by atoms with Gasteiger partial charge in [0, 0.05) is 16.3 Å². The van der Waals surface area contributed by atoms with Crippen molar-refractivity contribution in [1.29, 1.82) is 0 Å². The molecular weight excluding hydrogens is 470 g/mol. The third-order valence-corrected chi connectivity index (χ3v) is 6.59. The van der Waals surface area contributed by atoms with Crippen molar-refractivity contribution in [1.82, 2.24) is 4.98 Å². The van der Waals surface area contributed by atoms with Crippen LogP contribution < -0.4 is 5.32 Å². The predicted molar refractivity (Wildman–Crippen MR) is 132 cm³/mol. The van der Waals surface area contributed by atoms with E-state index >= 15 is 0 Å². The largest absolute Gasteiger partial charge is 0.452 e. The van der Waals surface area contributed by atoms with E-state index in [0.717, 1.165) is 46.7 Å². The highest BCUT2D eigenvalue weighted by Crippen LogP contribution is 2.36. The smallest absolute Gasteiger partial charge is 0.339 e. The van der Waals surface area contributed by atoms with Crippen LogP contribution in [0.15, 0.2) is 60.0 Å². The van der Waals surface area contributed by atoms with Crippen LogP contribution in [0.2, 0.25) is 0 Å². The summed E-state index contributed by atoms with van der Waals surface area (Å²) < 4.78 is 32.3. The number of ether oxygens (including phenoxy) is 1. The summed E-state index contributed by atoms with van der Waals surface area (Å²) in [6.45, 7) is -0.612. The highest BCUT2D eigenvalue weighted by atomic mass is 32.1. The number of para-hydroxylation sites is 1. The van der Waals surface area contributed by atoms with Gasteiger partial charge in [0.2, 0.25) is 0 Å². The second-order valence-electron chi connectivity index (χ2n) is 8.12. The Morgan fingerprint density at radius 2 is 1.94 bits per heavy atom. The molecule has 35 heavy (non-hydrogen) atoms. The van der Waals surface area contributed by atoms with Crippen molar-refractivity contribution in [3.05, 3.63) is 93.3 Å². The average molecular weight is 491 g/mol. The van der Waals surface area contributed by atoms with Gasteiger partial charge in [0.15, 0.2) is 6.61 Å². The van der Waals surface area contributed by atoms with Crippen LogP contribution in [0, 0.1) is 11.6 Å². The Bertz CT molecular complexity index is 1470. The normalized spacial score (nSPS) is 14.1. The molecule has 0 radical (unpaired) electrons. The number of thiophene rings is 1. The summed E-state index contributed by atoms with van der Waals surface area (Å²) >= 11 is 1.63. The molecule has 0 unspecified atom stereocenters. The van der Waals surface area contributed by atoms with Crippen LogP contribution in [0.5, 0.6) is 0 Å². The van der Waals surface area contributed by atoms with Crippen LogP contribution in [0.1, 0.15) is 39.3 Å². The highest BCUT2D eigenvalue weighted by molar-refractivity contribution is 7.10. The summed E-state index contributed by atoms with van der Waals surface area (Å²) in [5.41, 5.74) is 3.49. The van der Waals surface area contributed by atoms with Crippen LogP contribution in [-0.2, 0) is 16.0 Å². The minimum Gasteiger partial charge on any atom is -0.452 e. The highest BCUT2D eigenvalue weighted by Gasteiger charge is 2.26. The van der Waals surface area contributed by atoms with Crippen molar-refractivity contribution in [3.63, 3.8) is 0 Å². The third kappa shape index (κ3) is 4.83. The molecule has 1 N–H and O–H groups in total. The third-order valence-electron chi connectivity index (χ3n) is 5.77. The quantitative estimate of drug-likeness (QED) is 0.336. The Morgan fingerprint density at radius 1 is 1.09 bits per heavy atom. The maximum Gasteiger partial charge on any atom is 0.339 e. The number of fused-ring (bicyclic) bond motifs is 2. The molecule has 0 fully saturated rings. The van der Waals surface area contributed by atoms with E-state index in [-0.39, 0.29) is 5.69 Å². The molecule has 8 heteroatoms. The number of benzene rings is 2. The Kier molecular flexibility index (Phi) is 6.37. The molecule has 0 saturated heterocycles. The van der Waals surface area contributed by atoms with E-state index in [4.69, 9.17) is 9.72 Å². The molecule has 2 aromatic heterocycles. The summed E-state index contributed by atoms with van der Waals surface area (Å²) in [7, 11) is 0. The minimum absolute atomic E-state index is 0.192. The molecule has 0 saturated carbocycles. The van der Waals surface area contributed by atoms with Gasteiger partial charge in [0.05, 0.1) is 22.5 Å². The Labute approximate surface area is 204 Å². The van der Waals surface area contributed by atoms with E-state index in [2.05, 4.69) is 11.4 Å². The number of amides is 1. The first-order chi connectivity index (χ1) is 17.0. The number of esters is 1. The number of carbonyl (C=O) groups is 2. The first-order valence-electron chi connectivity index (χ1n) is 11.1. The van der Waals surface area contributed by atoms with Gasteiger partial charge >= 0.3 is 5.97 Å². The predicted octanol–water partition coefficient (Wildman–Crippen LogP) is 6.25. The number of halogens is 2. The zero-order chi connectivity index (χ0) is 24.4. The molecule has 1 aliphatic rings.